The van der Waals surface area contributed by atoms with Gasteiger partial charge in [-0.25, -0.2) is 10.9 Å². The number of anilines is 1. The number of carbonyl (C=O) groups excluding carboxylic acids is 2. The third-order valence-corrected chi connectivity index (χ3v) is 4.60. The molecule has 1 saturated carbocycles. The first kappa shape index (κ1) is 18.4. The average Bonchev–Trinajstić information content (AvgIpc) is 2.60. The summed E-state index contributed by atoms with van der Waals surface area (Å²) in [5.74, 6) is 4.41. The van der Waals surface area contributed by atoms with Crippen molar-refractivity contribution >= 4 is 17.5 Å². The topological polar surface area (TPSA) is 136 Å². The molecule has 132 valence electrons. The summed E-state index contributed by atoms with van der Waals surface area (Å²) < 4.78 is 0. The number of benzene rings is 1. The molecule has 1 aliphatic carbocycles. The van der Waals surface area contributed by atoms with Crippen LogP contribution >= 0.6 is 0 Å². The summed E-state index contributed by atoms with van der Waals surface area (Å²) in [5, 5.41) is 10.6. The molecule has 0 bridgehead atoms. The lowest BCUT2D eigenvalue weighted by atomic mass is 9.84. The lowest BCUT2D eigenvalue weighted by Gasteiger charge is -2.28. The quantitative estimate of drug-likeness (QED) is 0.272. The van der Waals surface area contributed by atoms with Gasteiger partial charge >= 0.3 is 0 Å². The van der Waals surface area contributed by atoms with Crippen molar-refractivity contribution in [3.63, 3.8) is 0 Å². The van der Waals surface area contributed by atoms with E-state index in [1.807, 2.05) is 0 Å². The first-order valence-corrected chi connectivity index (χ1v) is 8.32. The monoisotopic (exact) mass is 334 g/mol. The fourth-order valence-electron chi connectivity index (χ4n) is 3.13. The minimum atomic E-state index is -1.49. The number of nitrogens with zero attached hydrogens (tertiary/aromatic N) is 1. The Hall–Kier alpha value is -1.96. The molecular formula is C17H26N4O3. The number of amides is 2. The zero-order chi connectivity index (χ0) is 17.7. The molecule has 1 aliphatic rings. The van der Waals surface area contributed by atoms with Gasteiger partial charge in [-0.15, -0.1) is 0 Å². The number of aliphatic hydroxyl groups excluding tert-OH is 1. The third-order valence-electron chi connectivity index (χ3n) is 4.60. The van der Waals surface area contributed by atoms with E-state index in [9.17, 15) is 14.7 Å². The molecule has 0 aromatic heterocycles. The Morgan fingerprint density at radius 3 is 2.33 bits per heavy atom. The van der Waals surface area contributed by atoms with Crippen LogP contribution in [0.15, 0.2) is 24.3 Å². The number of carbonyl (C=O) groups is 2. The Bertz CT molecular complexity index is 570. The van der Waals surface area contributed by atoms with E-state index in [4.69, 9.17) is 17.3 Å². The van der Waals surface area contributed by atoms with Crippen molar-refractivity contribution in [3.8, 4) is 0 Å². The van der Waals surface area contributed by atoms with Crippen LogP contribution in [-0.2, 0) is 4.79 Å². The van der Waals surface area contributed by atoms with Crippen LogP contribution in [0.3, 0.4) is 0 Å². The second kappa shape index (κ2) is 8.23. The van der Waals surface area contributed by atoms with E-state index in [1.54, 1.807) is 0 Å². The summed E-state index contributed by atoms with van der Waals surface area (Å²) in [6, 6.07) is 5.29. The van der Waals surface area contributed by atoms with E-state index in [-0.39, 0.29) is 5.56 Å². The van der Waals surface area contributed by atoms with Crippen molar-refractivity contribution in [2.75, 3.05) is 5.73 Å². The van der Waals surface area contributed by atoms with E-state index in [0.717, 1.165) is 25.7 Å². The molecule has 0 spiro atoms. The van der Waals surface area contributed by atoms with Gasteiger partial charge < -0.3 is 16.6 Å². The van der Waals surface area contributed by atoms with Crippen LogP contribution in [0.4, 0.5) is 5.69 Å². The SMILES string of the molecule is Nc1ccc(C(=O)N(N)C(=O)C(O)[C@H](N)CC2CCCCC2)cc1. The maximum atomic E-state index is 12.2. The second-order valence-corrected chi connectivity index (χ2v) is 6.48. The minimum Gasteiger partial charge on any atom is -0.399 e. The van der Waals surface area contributed by atoms with E-state index >= 15 is 0 Å². The van der Waals surface area contributed by atoms with Crippen molar-refractivity contribution in [2.45, 2.75) is 50.7 Å². The number of nitrogen functional groups attached to an aromatic ring is 1. The third kappa shape index (κ3) is 4.53. The van der Waals surface area contributed by atoms with Crippen molar-refractivity contribution in [2.24, 2.45) is 17.5 Å². The van der Waals surface area contributed by atoms with Gasteiger partial charge in [0.25, 0.3) is 11.8 Å². The van der Waals surface area contributed by atoms with Crippen LogP contribution in [0, 0.1) is 5.92 Å². The van der Waals surface area contributed by atoms with Crippen LogP contribution in [0.1, 0.15) is 48.9 Å². The standard InChI is InChI=1S/C17H26N4O3/c18-13-8-6-12(7-9-13)16(23)21(20)17(24)15(22)14(19)10-11-4-2-1-3-5-11/h6-9,11,14-15,22H,1-5,10,18-20H2/t14-,15?/m1/s1. The van der Waals surface area contributed by atoms with E-state index in [2.05, 4.69) is 0 Å². The Morgan fingerprint density at radius 1 is 1.17 bits per heavy atom. The highest BCUT2D eigenvalue weighted by Crippen LogP contribution is 2.27. The summed E-state index contributed by atoms with van der Waals surface area (Å²) in [6.45, 7) is 0. The van der Waals surface area contributed by atoms with Crippen molar-refractivity contribution < 1.29 is 14.7 Å². The molecule has 0 saturated heterocycles. The molecule has 7 heteroatoms. The van der Waals surface area contributed by atoms with Crippen molar-refractivity contribution in [1.82, 2.24) is 5.01 Å². The number of hydrogen-bond donors (Lipinski definition) is 4. The molecule has 2 atom stereocenters. The van der Waals surface area contributed by atoms with Gasteiger partial charge in [0.2, 0.25) is 0 Å². The highest BCUT2D eigenvalue weighted by Gasteiger charge is 2.31. The number of hydrogen-bond acceptors (Lipinski definition) is 6. The van der Waals surface area contributed by atoms with Crippen LogP contribution in [0.2, 0.25) is 0 Å². The van der Waals surface area contributed by atoms with Crippen LogP contribution in [0.25, 0.3) is 0 Å². The summed E-state index contributed by atoms with van der Waals surface area (Å²) in [5.41, 5.74) is 12.2. The zero-order valence-corrected chi connectivity index (χ0v) is 13.7. The molecule has 2 rings (SSSR count). The summed E-state index contributed by atoms with van der Waals surface area (Å²) in [6.07, 6.45) is 4.71. The van der Waals surface area contributed by atoms with Gasteiger partial charge in [-0.3, -0.25) is 9.59 Å². The first-order chi connectivity index (χ1) is 11.4. The van der Waals surface area contributed by atoms with Gasteiger partial charge in [-0.1, -0.05) is 32.1 Å². The maximum absolute atomic E-state index is 12.2. The molecule has 24 heavy (non-hydrogen) atoms. The normalized spacial score (nSPS) is 18.0. The largest absolute Gasteiger partial charge is 0.399 e. The Morgan fingerprint density at radius 2 is 1.75 bits per heavy atom. The Balaban J connectivity index is 1.95. The molecule has 1 aromatic rings. The Labute approximate surface area is 141 Å². The molecule has 0 heterocycles. The number of hydrazine groups is 1. The lowest BCUT2D eigenvalue weighted by molar-refractivity contribution is -0.138. The predicted octanol–water partition coefficient (Wildman–Crippen LogP) is 0.770. The second-order valence-electron chi connectivity index (χ2n) is 6.48. The summed E-state index contributed by atoms with van der Waals surface area (Å²) in [7, 11) is 0. The maximum Gasteiger partial charge on any atom is 0.274 e. The molecule has 1 unspecified atom stereocenters. The highest BCUT2D eigenvalue weighted by molar-refractivity contribution is 6.05. The number of aliphatic hydroxyl groups is 1. The minimum absolute atomic E-state index is 0.216. The fraction of sp³-hybridized carbons (Fsp3) is 0.529. The lowest BCUT2D eigenvalue weighted by Crippen LogP contribution is -2.53. The smallest absolute Gasteiger partial charge is 0.274 e. The van der Waals surface area contributed by atoms with Crippen LogP contribution < -0.4 is 17.3 Å². The molecule has 1 aromatic carbocycles. The van der Waals surface area contributed by atoms with Gasteiger partial charge in [0.05, 0.1) is 0 Å². The highest BCUT2D eigenvalue weighted by atomic mass is 16.3. The molecule has 2 amide bonds. The van der Waals surface area contributed by atoms with Crippen LogP contribution in [-0.4, -0.2) is 34.1 Å². The fourth-order valence-corrected chi connectivity index (χ4v) is 3.13. The molecule has 0 aliphatic heterocycles. The van der Waals surface area contributed by atoms with Gasteiger partial charge in [0, 0.05) is 17.3 Å². The number of nitrogens with two attached hydrogens (primary N) is 3. The molecule has 7 N–H and O–H groups in total. The first-order valence-electron chi connectivity index (χ1n) is 8.32. The Kier molecular flexibility index (Phi) is 6.30. The molecule has 7 nitrogen and oxygen atoms in total. The van der Waals surface area contributed by atoms with Crippen LogP contribution in [0.5, 0.6) is 0 Å². The van der Waals surface area contributed by atoms with Gasteiger partial charge in [-0.2, -0.15) is 0 Å². The molecule has 1 fully saturated rings. The summed E-state index contributed by atoms with van der Waals surface area (Å²) in [4.78, 5) is 24.4. The van der Waals surface area contributed by atoms with Crippen molar-refractivity contribution in [1.29, 1.82) is 0 Å². The van der Waals surface area contributed by atoms with E-state index < -0.39 is 24.0 Å². The van der Waals surface area contributed by atoms with E-state index in [1.165, 1.54) is 30.7 Å². The van der Waals surface area contributed by atoms with E-state index in [0.29, 0.717) is 23.0 Å². The number of imide groups is 1. The van der Waals surface area contributed by atoms with Gasteiger partial charge in [-0.05, 0) is 36.6 Å². The average molecular weight is 334 g/mol. The number of rotatable bonds is 5. The molecule has 0 radical (unpaired) electrons. The van der Waals surface area contributed by atoms with Gasteiger partial charge in [0.15, 0.2) is 0 Å². The summed E-state index contributed by atoms with van der Waals surface area (Å²) >= 11 is 0. The molecular weight excluding hydrogens is 308 g/mol. The predicted molar refractivity (Wildman–Crippen MR) is 91.4 cm³/mol. The van der Waals surface area contributed by atoms with Crippen molar-refractivity contribution in [3.05, 3.63) is 29.8 Å². The zero-order valence-electron chi connectivity index (χ0n) is 13.7. The van der Waals surface area contributed by atoms with Gasteiger partial charge in [0.1, 0.15) is 6.10 Å².